The van der Waals surface area contributed by atoms with Gasteiger partial charge in [-0.3, -0.25) is 9.59 Å². The molecule has 28 heavy (non-hydrogen) atoms. The van der Waals surface area contributed by atoms with Crippen molar-refractivity contribution in [2.75, 3.05) is 9.80 Å². The molecule has 2 amide bonds. The Bertz CT molecular complexity index is 606. The Morgan fingerprint density at radius 1 is 0.714 bits per heavy atom. The summed E-state index contributed by atoms with van der Waals surface area (Å²) in [5, 5.41) is 0. The van der Waals surface area contributed by atoms with E-state index in [1.807, 2.05) is 75.6 Å². The first-order valence-electron chi connectivity index (χ1n) is 10.5. The number of carbonyl (C=O) groups is 2. The van der Waals surface area contributed by atoms with Crippen LogP contribution in [-0.4, -0.2) is 23.9 Å². The Labute approximate surface area is 172 Å². The van der Waals surface area contributed by atoms with Gasteiger partial charge in [-0.15, -0.1) is 0 Å². The monoisotopic (exact) mass is 388 g/mol. The standard InChI is InChI=1S/C24H40N2O2/c1-11-17(3)25(21(27)23(5,6)7)19-13-15-20(16-14-19)26(18(4)12-2)22(28)24(8,9)10/h13-18H,11-12H2,1-10H3/t17-,18-/m0/s1. The van der Waals surface area contributed by atoms with E-state index in [0.717, 1.165) is 24.2 Å². The predicted molar refractivity (Wildman–Crippen MR) is 120 cm³/mol. The van der Waals surface area contributed by atoms with Crippen molar-refractivity contribution in [2.45, 2.75) is 94.2 Å². The summed E-state index contributed by atoms with van der Waals surface area (Å²) >= 11 is 0. The Kier molecular flexibility index (Phi) is 7.87. The summed E-state index contributed by atoms with van der Waals surface area (Å²) in [6.45, 7) is 20.0. The van der Waals surface area contributed by atoms with Gasteiger partial charge in [-0.25, -0.2) is 0 Å². The van der Waals surface area contributed by atoms with Crippen LogP contribution in [0, 0.1) is 10.8 Å². The Hall–Kier alpha value is -1.84. The SMILES string of the molecule is CC[C@H](C)N(C(=O)C(C)(C)C)c1ccc(N(C(=O)C(C)(C)C)[C@@H](C)CC)cc1. The molecule has 0 aliphatic rings. The molecule has 0 spiro atoms. The van der Waals surface area contributed by atoms with Gasteiger partial charge in [0.1, 0.15) is 0 Å². The van der Waals surface area contributed by atoms with Crippen LogP contribution in [0.25, 0.3) is 0 Å². The first-order valence-corrected chi connectivity index (χ1v) is 10.5. The normalized spacial score (nSPS) is 14.4. The van der Waals surface area contributed by atoms with Crippen molar-refractivity contribution in [3.63, 3.8) is 0 Å². The van der Waals surface area contributed by atoms with E-state index in [1.165, 1.54) is 0 Å². The molecule has 0 aromatic heterocycles. The second kappa shape index (κ2) is 9.11. The van der Waals surface area contributed by atoms with Crippen LogP contribution >= 0.6 is 0 Å². The Morgan fingerprint density at radius 2 is 0.964 bits per heavy atom. The second-order valence-corrected chi connectivity index (χ2v) is 9.88. The molecule has 4 nitrogen and oxygen atoms in total. The molecule has 1 aromatic rings. The molecule has 0 unspecified atom stereocenters. The zero-order valence-corrected chi connectivity index (χ0v) is 19.6. The van der Waals surface area contributed by atoms with E-state index >= 15 is 0 Å². The van der Waals surface area contributed by atoms with Gasteiger partial charge in [-0.2, -0.15) is 0 Å². The van der Waals surface area contributed by atoms with Gasteiger partial charge < -0.3 is 9.80 Å². The van der Waals surface area contributed by atoms with E-state index in [-0.39, 0.29) is 23.9 Å². The molecule has 4 heteroatoms. The van der Waals surface area contributed by atoms with E-state index < -0.39 is 10.8 Å². The molecule has 0 heterocycles. The van der Waals surface area contributed by atoms with E-state index in [4.69, 9.17) is 0 Å². The van der Waals surface area contributed by atoms with Crippen LogP contribution in [0.1, 0.15) is 82.1 Å². The summed E-state index contributed by atoms with van der Waals surface area (Å²) in [7, 11) is 0. The maximum atomic E-state index is 13.0. The van der Waals surface area contributed by atoms with Crippen molar-refractivity contribution in [2.24, 2.45) is 10.8 Å². The molecule has 0 radical (unpaired) electrons. The molecule has 0 N–H and O–H groups in total. The van der Waals surface area contributed by atoms with Gasteiger partial charge in [-0.1, -0.05) is 55.4 Å². The fourth-order valence-electron chi connectivity index (χ4n) is 3.01. The number of amides is 2. The Balaban J connectivity index is 3.35. The number of benzene rings is 1. The highest BCUT2D eigenvalue weighted by atomic mass is 16.2. The molecular weight excluding hydrogens is 348 g/mol. The van der Waals surface area contributed by atoms with Crippen LogP contribution in [0.4, 0.5) is 11.4 Å². The number of hydrogen-bond acceptors (Lipinski definition) is 2. The summed E-state index contributed by atoms with van der Waals surface area (Å²) in [5.74, 6) is 0.221. The topological polar surface area (TPSA) is 40.6 Å². The van der Waals surface area contributed by atoms with E-state index in [0.29, 0.717) is 0 Å². The lowest BCUT2D eigenvalue weighted by Crippen LogP contribution is -2.45. The number of rotatable bonds is 6. The number of hydrogen-bond donors (Lipinski definition) is 0. The van der Waals surface area contributed by atoms with Crippen LogP contribution < -0.4 is 9.80 Å². The highest BCUT2D eigenvalue weighted by Gasteiger charge is 2.33. The maximum Gasteiger partial charge on any atom is 0.232 e. The minimum atomic E-state index is -0.451. The van der Waals surface area contributed by atoms with Crippen molar-refractivity contribution in [1.29, 1.82) is 0 Å². The summed E-state index contributed by atoms with van der Waals surface area (Å²) in [6, 6.07) is 8.10. The van der Waals surface area contributed by atoms with Crippen molar-refractivity contribution in [3.8, 4) is 0 Å². The molecular formula is C24H40N2O2. The van der Waals surface area contributed by atoms with Gasteiger partial charge in [0.05, 0.1) is 0 Å². The quantitative estimate of drug-likeness (QED) is 0.596. The molecule has 0 aliphatic carbocycles. The zero-order valence-electron chi connectivity index (χ0n) is 19.6. The van der Waals surface area contributed by atoms with Gasteiger partial charge in [-0.05, 0) is 51.0 Å². The minimum absolute atomic E-state index is 0.110. The van der Waals surface area contributed by atoms with Crippen molar-refractivity contribution >= 4 is 23.2 Å². The third-order valence-electron chi connectivity index (χ3n) is 5.19. The lowest BCUT2D eigenvalue weighted by Gasteiger charge is -2.36. The molecule has 0 bridgehead atoms. The van der Waals surface area contributed by atoms with Crippen molar-refractivity contribution < 1.29 is 9.59 Å². The molecule has 2 atom stereocenters. The first-order chi connectivity index (χ1) is 12.8. The highest BCUT2D eigenvalue weighted by molar-refractivity contribution is 5.99. The summed E-state index contributed by atoms with van der Waals surface area (Å²) < 4.78 is 0. The predicted octanol–water partition coefficient (Wildman–Crippen LogP) is 6.04. The van der Waals surface area contributed by atoms with Crippen LogP contribution in [0.15, 0.2) is 24.3 Å². The lowest BCUT2D eigenvalue weighted by atomic mass is 9.92. The average Bonchev–Trinajstić information content (AvgIpc) is 2.61. The largest absolute Gasteiger partial charge is 0.309 e. The van der Waals surface area contributed by atoms with E-state index in [1.54, 1.807) is 0 Å². The number of nitrogens with zero attached hydrogens (tertiary/aromatic N) is 2. The molecule has 158 valence electrons. The third kappa shape index (κ3) is 5.59. The smallest absolute Gasteiger partial charge is 0.232 e. The molecule has 0 aliphatic heterocycles. The van der Waals surface area contributed by atoms with Crippen LogP contribution in [0.2, 0.25) is 0 Å². The molecule has 0 fully saturated rings. The number of carbonyl (C=O) groups excluding carboxylic acids is 2. The lowest BCUT2D eigenvalue weighted by molar-refractivity contribution is -0.127. The van der Waals surface area contributed by atoms with Gasteiger partial charge in [0.15, 0.2) is 0 Å². The van der Waals surface area contributed by atoms with Crippen LogP contribution in [0.5, 0.6) is 0 Å². The van der Waals surface area contributed by atoms with Gasteiger partial charge >= 0.3 is 0 Å². The molecule has 1 rings (SSSR count). The number of anilines is 2. The maximum absolute atomic E-state index is 13.0. The van der Waals surface area contributed by atoms with Crippen molar-refractivity contribution in [3.05, 3.63) is 24.3 Å². The summed E-state index contributed by atoms with van der Waals surface area (Å²) in [6.07, 6.45) is 1.76. The summed E-state index contributed by atoms with van der Waals surface area (Å²) in [4.78, 5) is 29.9. The van der Waals surface area contributed by atoms with Gasteiger partial charge in [0, 0.05) is 34.3 Å². The average molecular weight is 389 g/mol. The van der Waals surface area contributed by atoms with Crippen LogP contribution in [0.3, 0.4) is 0 Å². The fraction of sp³-hybridized carbons (Fsp3) is 0.667. The van der Waals surface area contributed by atoms with Gasteiger partial charge in [0.2, 0.25) is 11.8 Å². The molecule has 0 saturated heterocycles. The zero-order chi connectivity index (χ0) is 21.9. The molecule has 0 saturated carbocycles. The first kappa shape index (κ1) is 24.2. The van der Waals surface area contributed by atoms with E-state index in [2.05, 4.69) is 27.7 Å². The fourth-order valence-corrected chi connectivity index (χ4v) is 3.01. The van der Waals surface area contributed by atoms with Crippen LogP contribution in [-0.2, 0) is 9.59 Å². The molecule has 1 aromatic carbocycles. The second-order valence-electron chi connectivity index (χ2n) is 9.88. The van der Waals surface area contributed by atoms with E-state index in [9.17, 15) is 9.59 Å². The third-order valence-corrected chi connectivity index (χ3v) is 5.19. The summed E-state index contributed by atoms with van der Waals surface area (Å²) in [5.41, 5.74) is 0.857. The minimum Gasteiger partial charge on any atom is -0.309 e. The van der Waals surface area contributed by atoms with Crippen molar-refractivity contribution in [1.82, 2.24) is 0 Å². The van der Waals surface area contributed by atoms with Gasteiger partial charge in [0.25, 0.3) is 0 Å². The Morgan fingerprint density at radius 3 is 1.14 bits per heavy atom. The highest BCUT2D eigenvalue weighted by Crippen LogP contribution is 2.31.